The Labute approximate surface area is 46.9 Å². The van der Waals surface area contributed by atoms with E-state index < -0.39 is 13.3 Å². The molecule has 0 amide bonds. The Hall–Kier alpha value is -0.380. The molecule has 0 aromatic heterocycles. The van der Waals surface area contributed by atoms with E-state index >= 15 is 0 Å². The van der Waals surface area contributed by atoms with Gasteiger partial charge in [0.05, 0.1) is 0 Å². The van der Waals surface area contributed by atoms with Gasteiger partial charge in [-0.3, -0.25) is 4.57 Å². The van der Waals surface area contributed by atoms with Crippen molar-refractivity contribution in [3.05, 3.63) is 0 Å². The van der Waals surface area contributed by atoms with Gasteiger partial charge in [-0.15, -0.1) is 0 Å². The third-order valence-electron chi connectivity index (χ3n) is 0.464. The lowest BCUT2D eigenvalue weighted by Gasteiger charge is -2.06. The minimum absolute atomic E-state index is 0.852. The lowest BCUT2D eigenvalue weighted by molar-refractivity contribution is -0.236. The van der Waals surface area contributed by atoms with Crippen molar-refractivity contribution in [2.75, 3.05) is 7.11 Å². The molecule has 1 atom stereocenters. The van der Waals surface area contributed by atoms with Crippen LogP contribution in [-0.4, -0.2) is 19.1 Å². The third-order valence-corrected chi connectivity index (χ3v) is 1.39. The van der Waals surface area contributed by atoms with Crippen LogP contribution in [0.2, 0.25) is 0 Å². The quantitative estimate of drug-likeness (QED) is 0.516. The number of carbonyl (C=O) groups excluding carboxylic acids is 1. The zero-order chi connectivity index (χ0) is 7.49. The molecule has 1 N–H and O–H groups in total. The highest BCUT2D eigenvalue weighted by molar-refractivity contribution is 7.70. The fourth-order valence-electron chi connectivity index (χ4n) is 0.0745. The summed E-state index contributed by atoms with van der Waals surface area (Å²) in [7, 11) is -3.43. The van der Waals surface area contributed by atoms with Crippen molar-refractivity contribution in [1.82, 2.24) is 0 Å². The standard InChI is InChI=1S/C2H5O5P/c1-7-8(5,6)2(3)4/h1H3,(H,3,4)(H,5,6)/p-1/i/hD. The Kier molecular flexibility index (Phi) is 1.62. The van der Waals surface area contributed by atoms with Crippen LogP contribution >= 0.6 is 7.60 Å². The van der Waals surface area contributed by atoms with E-state index in [4.69, 9.17) is 1.43 Å². The predicted molar refractivity (Wildman–Crippen MR) is 22.2 cm³/mol. The summed E-state index contributed by atoms with van der Waals surface area (Å²) >= 11 is 0. The molecule has 5 nitrogen and oxygen atoms in total. The lowest BCUT2D eigenvalue weighted by atomic mass is 11.6. The minimum atomic E-state index is -4.28. The molecule has 6 heteroatoms. The normalized spacial score (nSPS) is 18.9. The van der Waals surface area contributed by atoms with E-state index in [1.165, 1.54) is 0 Å². The summed E-state index contributed by atoms with van der Waals surface area (Å²) in [5.41, 5.74) is -2.01. The molecule has 0 heterocycles. The molecule has 8 heavy (non-hydrogen) atoms. The zero-order valence-electron chi connectivity index (χ0n) is 4.99. The molecule has 0 rings (SSSR count). The summed E-state index contributed by atoms with van der Waals surface area (Å²) in [6.07, 6.45) is 0. The first-order valence-electron chi connectivity index (χ1n) is 2.00. The van der Waals surface area contributed by atoms with E-state index in [0.717, 1.165) is 7.11 Å². The van der Waals surface area contributed by atoms with E-state index in [9.17, 15) is 14.5 Å². The van der Waals surface area contributed by atoms with Gasteiger partial charge < -0.3 is 19.3 Å². The van der Waals surface area contributed by atoms with Crippen molar-refractivity contribution in [3.8, 4) is 0 Å². The maximum absolute atomic E-state index is 10.4. The third kappa shape index (κ3) is 1.61. The number of rotatable bonds is 3. The molecule has 0 aliphatic carbocycles. The van der Waals surface area contributed by atoms with E-state index in [1.54, 1.807) is 0 Å². The van der Waals surface area contributed by atoms with Gasteiger partial charge in [0.2, 0.25) is 1.43 Å². The number of hydrogen-bond donors (Lipinski definition) is 1. The number of carboxylic acid groups (broad SMARTS) is 1. The van der Waals surface area contributed by atoms with Gasteiger partial charge in [0.15, 0.2) is 5.71 Å². The van der Waals surface area contributed by atoms with Crippen LogP contribution in [-0.2, 0) is 9.09 Å². The molecule has 0 aliphatic rings. The molecule has 0 aromatic rings. The van der Waals surface area contributed by atoms with Crippen LogP contribution in [0.25, 0.3) is 0 Å². The van der Waals surface area contributed by atoms with Gasteiger partial charge in [0.1, 0.15) is 0 Å². The highest BCUT2D eigenvalue weighted by atomic mass is 31.2. The molecule has 1 unspecified atom stereocenters. The first kappa shape index (κ1) is 5.75. The van der Waals surface area contributed by atoms with E-state index in [2.05, 4.69) is 9.42 Å². The van der Waals surface area contributed by atoms with E-state index in [-0.39, 0.29) is 0 Å². The molecule has 0 fully saturated rings. The van der Waals surface area contributed by atoms with Gasteiger partial charge in [0, 0.05) is 7.11 Å². The molecule has 0 saturated heterocycles. The molecule has 0 bridgehead atoms. The average Bonchev–Trinajstić information content (AvgIpc) is 1.86. The monoisotopic (exact) mass is 140 g/mol. The summed E-state index contributed by atoms with van der Waals surface area (Å²) in [6.45, 7) is 0. The van der Waals surface area contributed by atoms with E-state index in [1.807, 2.05) is 0 Å². The van der Waals surface area contributed by atoms with Gasteiger partial charge in [-0.25, -0.2) is 0 Å². The van der Waals surface area contributed by atoms with Gasteiger partial charge in [-0.1, -0.05) is 0 Å². The summed E-state index contributed by atoms with van der Waals surface area (Å²) in [6, 6.07) is 0. The lowest BCUT2D eigenvalue weighted by Crippen LogP contribution is -2.20. The van der Waals surface area contributed by atoms with Gasteiger partial charge in [-0.2, -0.15) is 0 Å². The molecule has 48 valence electrons. The predicted octanol–water partition coefficient (Wildman–Crippen LogP) is -0.839. The highest BCUT2D eigenvalue weighted by Gasteiger charge is 2.17. The van der Waals surface area contributed by atoms with Crippen molar-refractivity contribution >= 4 is 13.3 Å². The molecule has 0 radical (unpaired) electrons. The Balaban J connectivity index is 4.30. The first-order valence-corrected chi connectivity index (χ1v) is 3.13. The second kappa shape index (κ2) is 2.26. The second-order valence-corrected chi connectivity index (χ2v) is 2.67. The summed E-state index contributed by atoms with van der Waals surface area (Å²) < 4.78 is 20.2. The topological polar surface area (TPSA) is 86.7 Å². The SMILES string of the molecule is [2H]OP(=O)(OC)C(=O)[O-]. The maximum Gasteiger partial charge on any atom is 0.373 e. The van der Waals surface area contributed by atoms with Crippen LogP contribution in [0.5, 0.6) is 0 Å². The van der Waals surface area contributed by atoms with Gasteiger partial charge >= 0.3 is 7.60 Å². The number of hydrogen-bond acceptors (Lipinski definition) is 5. The molecule has 0 aromatic carbocycles. The Morgan fingerprint density at radius 1 is 2.12 bits per heavy atom. The zero-order valence-corrected chi connectivity index (χ0v) is 4.88. The van der Waals surface area contributed by atoms with Crippen molar-refractivity contribution in [2.24, 2.45) is 0 Å². The Morgan fingerprint density at radius 2 is 2.62 bits per heavy atom. The summed E-state index contributed by atoms with van der Waals surface area (Å²) in [5.74, 6) is 0. The molecule has 0 aliphatic heterocycles. The molecule has 0 saturated carbocycles. The van der Waals surface area contributed by atoms with Crippen LogP contribution in [0.3, 0.4) is 0 Å². The second-order valence-electron chi connectivity index (χ2n) is 0.946. The molecular weight excluding hydrogens is 135 g/mol. The van der Waals surface area contributed by atoms with Crippen molar-refractivity contribution in [1.29, 1.82) is 1.43 Å². The Bertz CT molecular complexity index is 147. The Morgan fingerprint density at radius 3 is 2.62 bits per heavy atom. The van der Waals surface area contributed by atoms with Crippen molar-refractivity contribution in [2.45, 2.75) is 0 Å². The van der Waals surface area contributed by atoms with Crippen LogP contribution in [0, 0.1) is 0 Å². The van der Waals surface area contributed by atoms with Crippen LogP contribution < -0.4 is 5.11 Å². The smallest absolute Gasteiger partial charge is 0.373 e. The first-order chi connectivity index (χ1) is 4.06. The van der Waals surface area contributed by atoms with Gasteiger partial charge in [-0.05, 0) is 0 Å². The van der Waals surface area contributed by atoms with Crippen LogP contribution in [0.15, 0.2) is 0 Å². The van der Waals surface area contributed by atoms with E-state index in [0.29, 0.717) is 0 Å². The largest absolute Gasteiger partial charge is 0.538 e. The molecule has 0 spiro atoms. The highest BCUT2D eigenvalue weighted by Crippen LogP contribution is 2.39. The van der Waals surface area contributed by atoms with Crippen molar-refractivity contribution in [3.63, 3.8) is 0 Å². The maximum atomic E-state index is 10.4. The fraction of sp³-hybridized carbons (Fsp3) is 0.500. The van der Waals surface area contributed by atoms with Crippen LogP contribution in [0.1, 0.15) is 0 Å². The summed E-state index contributed by atoms with van der Waals surface area (Å²) in [5, 5.41) is 9.74. The minimum Gasteiger partial charge on any atom is -0.538 e. The fourth-order valence-corrected chi connectivity index (χ4v) is 0.224. The number of carbonyl (C=O) groups is 1. The van der Waals surface area contributed by atoms with Crippen molar-refractivity contribution < 1.29 is 23.9 Å². The van der Waals surface area contributed by atoms with Gasteiger partial charge in [0.25, 0.3) is 0 Å². The van der Waals surface area contributed by atoms with Crippen LogP contribution in [0.4, 0.5) is 4.79 Å². The molecular formula is C2H4O5P-. The summed E-state index contributed by atoms with van der Waals surface area (Å²) in [4.78, 5) is 13.0. The average molecular weight is 140 g/mol.